The van der Waals surface area contributed by atoms with Crippen LogP contribution in [0, 0.1) is 6.92 Å². The molecule has 2 N–H and O–H groups in total. The monoisotopic (exact) mass is 229 g/mol. The van der Waals surface area contributed by atoms with Gasteiger partial charge in [-0.3, -0.25) is 0 Å². The lowest BCUT2D eigenvalue weighted by Crippen LogP contribution is -2.26. The van der Waals surface area contributed by atoms with E-state index in [1.165, 1.54) is 23.8 Å². The van der Waals surface area contributed by atoms with Crippen molar-refractivity contribution >= 4 is 11.0 Å². The number of aryl methyl sites for hydroxylation is 1. The first kappa shape index (κ1) is 10.8. The molecule has 1 heterocycles. The van der Waals surface area contributed by atoms with Crippen LogP contribution in [0.25, 0.3) is 11.0 Å². The first-order valence-electron chi connectivity index (χ1n) is 6.48. The Bertz CT molecular complexity index is 529. The van der Waals surface area contributed by atoms with E-state index in [0.29, 0.717) is 12.0 Å². The van der Waals surface area contributed by atoms with Gasteiger partial charge in [-0.05, 0) is 44.4 Å². The molecule has 0 spiro atoms. The van der Waals surface area contributed by atoms with Gasteiger partial charge in [0.1, 0.15) is 11.3 Å². The Kier molecular flexibility index (Phi) is 2.67. The van der Waals surface area contributed by atoms with Crippen LogP contribution >= 0.6 is 0 Å². The molecule has 1 aliphatic rings. The van der Waals surface area contributed by atoms with Crippen molar-refractivity contribution in [3.8, 4) is 0 Å². The molecule has 1 aliphatic carbocycles. The van der Waals surface area contributed by atoms with Gasteiger partial charge < -0.3 is 10.2 Å². The van der Waals surface area contributed by atoms with Gasteiger partial charge in [0.05, 0.1) is 0 Å². The van der Waals surface area contributed by atoms with E-state index in [1.807, 2.05) is 0 Å². The zero-order valence-electron chi connectivity index (χ0n) is 10.3. The van der Waals surface area contributed by atoms with Crippen molar-refractivity contribution in [2.24, 2.45) is 5.73 Å². The minimum Gasteiger partial charge on any atom is -0.461 e. The van der Waals surface area contributed by atoms with E-state index in [2.05, 4.69) is 31.2 Å². The molecule has 3 rings (SSSR count). The van der Waals surface area contributed by atoms with Gasteiger partial charge in [0, 0.05) is 17.3 Å². The number of rotatable bonds is 1. The fraction of sp³-hybridized carbons (Fsp3) is 0.467. The third-order valence-electron chi connectivity index (χ3n) is 3.81. The third kappa shape index (κ3) is 2.09. The van der Waals surface area contributed by atoms with Gasteiger partial charge in [-0.1, -0.05) is 18.1 Å². The van der Waals surface area contributed by atoms with E-state index in [0.717, 1.165) is 24.2 Å². The maximum atomic E-state index is 6.04. The van der Waals surface area contributed by atoms with Crippen LogP contribution in [0.5, 0.6) is 0 Å². The number of benzene rings is 1. The number of hydrogen-bond acceptors (Lipinski definition) is 2. The van der Waals surface area contributed by atoms with Crippen LogP contribution in [0.15, 0.2) is 28.7 Å². The van der Waals surface area contributed by atoms with E-state index in [9.17, 15) is 0 Å². The molecule has 1 saturated carbocycles. The summed E-state index contributed by atoms with van der Waals surface area (Å²) in [6.45, 7) is 2.11. The fourth-order valence-corrected chi connectivity index (χ4v) is 2.87. The van der Waals surface area contributed by atoms with Gasteiger partial charge in [-0.15, -0.1) is 0 Å². The Morgan fingerprint density at radius 2 is 2.12 bits per heavy atom. The molecule has 2 atom stereocenters. The molecule has 1 fully saturated rings. The number of nitrogens with two attached hydrogens (primary N) is 1. The predicted octanol–water partition coefficient (Wildman–Crippen LogP) is 3.73. The van der Waals surface area contributed by atoms with Crippen LogP contribution in [-0.4, -0.2) is 6.04 Å². The van der Waals surface area contributed by atoms with Crippen molar-refractivity contribution in [3.05, 3.63) is 35.6 Å². The maximum absolute atomic E-state index is 6.04. The quantitative estimate of drug-likeness (QED) is 0.809. The van der Waals surface area contributed by atoms with Crippen molar-refractivity contribution in [3.63, 3.8) is 0 Å². The number of furan rings is 1. The Balaban J connectivity index is 1.94. The molecule has 0 amide bonds. The molecule has 1 aromatic carbocycles. The zero-order valence-corrected chi connectivity index (χ0v) is 10.3. The highest BCUT2D eigenvalue weighted by molar-refractivity contribution is 5.78. The Morgan fingerprint density at radius 3 is 2.94 bits per heavy atom. The predicted molar refractivity (Wildman–Crippen MR) is 70.1 cm³/mol. The van der Waals surface area contributed by atoms with Crippen molar-refractivity contribution < 1.29 is 4.42 Å². The minimum atomic E-state index is 0.351. The van der Waals surface area contributed by atoms with Crippen LogP contribution < -0.4 is 5.73 Å². The number of hydrogen-bond donors (Lipinski definition) is 1. The van der Waals surface area contributed by atoms with E-state index in [1.54, 1.807) is 0 Å². The molecule has 17 heavy (non-hydrogen) atoms. The van der Waals surface area contributed by atoms with Crippen molar-refractivity contribution in [2.75, 3.05) is 0 Å². The van der Waals surface area contributed by atoms with Crippen LogP contribution in [0.2, 0.25) is 0 Å². The van der Waals surface area contributed by atoms with Crippen LogP contribution in [-0.2, 0) is 0 Å². The van der Waals surface area contributed by atoms with E-state index >= 15 is 0 Å². The van der Waals surface area contributed by atoms with Crippen LogP contribution in [0.3, 0.4) is 0 Å². The normalized spacial score (nSPS) is 25.3. The maximum Gasteiger partial charge on any atom is 0.134 e. The molecule has 90 valence electrons. The largest absolute Gasteiger partial charge is 0.461 e. The first-order valence-corrected chi connectivity index (χ1v) is 6.48. The lowest BCUT2D eigenvalue weighted by atomic mass is 9.84. The average molecular weight is 229 g/mol. The van der Waals surface area contributed by atoms with Crippen molar-refractivity contribution in [1.29, 1.82) is 0 Å². The molecule has 2 nitrogen and oxygen atoms in total. The molecule has 2 unspecified atom stereocenters. The highest BCUT2D eigenvalue weighted by Crippen LogP contribution is 2.35. The summed E-state index contributed by atoms with van der Waals surface area (Å²) in [5.41, 5.74) is 8.33. The summed E-state index contributed by atoms with van der Waals surface area (Å²) >= 11 is 0. The molecule has 2 heteroatoms. The Labute approximate surface area is 102 Å². The SMILES string of the molecule is Cc1ccc2oc(C3CCCC(N)C3)cc2c1. The summed E-state index contributed by atoms with van der Waals surface area (Å²) < 4.78 is 5.96. The number of fused-ring (bicyclic) bond motifs is 1. The lowest BCUT2D eigenvalue weighted by molar-refractivity contribution is 0.352. The summed E-state index contributed by atoms with van der Waals surface area (Å²) in [6.07, 6.45) is 4.67. The first-order chi connectivity index (χ1) is 8.22. The van der Waals surface area contributed by atoms with E-state index < -0.39 is 0 Å². The third-order valence-corrected chi connectivity index (χ3v) is 3.81. The van der Waals surface area contributed by atoms with Gasteiger partial charge >= 0.3 is 0 Å². The van der Waals surface area contributed by atoms with Crippen LogP contribution in [0.4, 0.5) is 0 Å². The van der Waals surface area contributed by atoms with Gasteiger partial charge in [-0.2, -0.15) is 0 Å². The van der Waals surface area contributed by atoms with Gasteiger partial charge in [0.25, 0.3) is 0 Å². The topological polar surface area (TPSA) is 39.2 Å². The zero-order chi connectivity index (χ0) is 11.8. The lowest BCUT2D eigenvalue weighted by Gasteiger charge is -2.24. The Morgan fingerprint density at radius 1 is 1.24 bits per heavy atom. The molecule has 2 aromatic rings. The average Bonchev–Trinajstić information content (AvgIpc) is 2.72. The van der Waals surface area contributed by atoms with E-state index in [-0.39, 0.29) is 0 Å². The van der Waals surface area contributed by atoms with Crippen molar-refractivity contribution in [1.82, 2.24) is 0 Å². The summed E-state index contributed by atoms with van der Waals surface area (Å²) in [6, 6.07) is 8.90. The van der Waals surface area contributed by atoms with Crippen molar-refractivity contribution in [2.45, 2.75) is 44.6 Å². The van der Waals surface area contributed by atoms with E-state index in [4.69, 9.17) is 10.2 Å². The summed E-state index contributed by atoms with van der Waals surface area (Å²) in [5, 5.41) is 1.22. The summed E-state index contributed by atoms with van der Waals surface area (Å²) in [7, 11) is 0. The second-order valence-corrected chi connectivity index (χ2v) is 5.31. The molecule has 0 bridgehead atoms. The standard InChI is InChI=1S/C15H19NO/c1-10-5-6-14-12(7-10)9-15(17-14)11-3-2-4-13(16)8-11/h5-7,9,11,13H,2-4,8,16H2,1H3. The molecule has 1 aromatic heterocycles. The fourth-order valence-electron chi connectivity index (χ4n) is 2.87. The van der Waals surface area contributed by atoms with Gasteiger partial charge in [-0.25, -0.2) is 0 Å². The Hall–Kier alpha value is -1.28. The molecular weight excluding hydrogens is 210 g/mol. The molecule has 0 aliphatic heterocycles. The molecular formula is C15H19NO. The molecule has 0 radical (unpaired) electrons. The van der Waals surface area contributed by atoms with Crippen LogP contribution in [0.1, 0.15) is 42.9 Å². The van der Waals surface area contributed by atoms with Gasteiger partial charge in [0.15, 0.2) is 0 Å². The second-order valence-electron chi connectivity index (χ2n) is 5.31. The highest BCUT2D eigenvalue weighted by Gasteiger charge is 2.23. The summed E-state index contributed by atoms with van der Waals surface area (Å²) in [5.74, 6) is 1.65. The summed E-state index contributed by atoms with van der Waals surface area (Å²) in [4.78, 5) is 0. The smallest absolute Gasteiger partial charge is 0.134 e. The van der Waals surface area contributed by atoms with Gasteiger partial charge in [0.2, 0.25) is 0 Å². The second kappa shape index (κ2) is 4.19. The minimum absolute atomic E-state index is 0.351. The highest BCUT2D eigenvalue weighted by atomic mass is 16.3. The molecule has 0 saturated heterocycles.